The van der Waals surface area contributed by atoms with Gasteiger partial charge in [0, 0.05) is 30.5 Å². The minimum Gasteiger partial charge on any atom is -0.480 e. The minimum atomic E-state index is -4.78. The lowest BCUT2D eigenvalue weighted by Gasteiger charge is -2.34. The third-order valence-corrected chi connectivity index (χ3v) is 7.98. The van der Waals surface area contributed by atoms with Gasteiger partial charge in [0.15, 0.2) is 5.72 Å². The Balaban J connectivity index is 1.43. The van der Waals surface area contributed by atoms with Gasteiger partial charge in [0.25, 0.3) is 0 Å². The van der Waals surface area contributed by atoms with Gasteiger partial charge >= 0.3 is 12.1 Å². The van der Waals surface area contributed by atoms with Crippen molar-refractivity contribution in [1.82, 2.24) is 9.88 Å². The van der Waals surface area contributed by atoms with Crippen LogP contribution < -0.4 is 10.1 Å². The van der Waals surface area contributed by atoms with E-state index in [2.05, 4.69) is 29.6 Å². The number of nitrogens with one attached hydrogen (secondary N) is 1. The van der Waals surface area contributed by atoms with Gasteiger partial charge in [-0.15, -0.1) is 0 Å². The van der Waals surface area contributed by atoms with E-state index in [0.717, 1.165) is 22.6 Å². The number of alkyl halides is 3. The maximum atomic E-state index is 14.8. The fourth-order valence-corrected chi connectivity index (χ4v) is 5.71. The summed E-state index contributed by atoms with van der Waals surface area (Å²) in [6.07, 6.45) is -2.34. The number of benzene rings is 4. The summed E-state index contributed by atoms with van der Waals surface area (Å²) < 4.78 is 63.1. The fourth-order valence-electron chi connectivity index (χ4n) is 5.71. The first kappa shape index (κ1) is 31.8. The van der Waals surface area contributed by atoms with Crippen molar-refractivity contribution in [1.29, 1.82) is 0 Å². The summed E-state index contributed by atoms with van der Waals surface area (Å²) in [6, 6.07) is 30.6. The predicted molar refractivity (Wildman–Crippen MR) is 166 cm³/mol. The lowest BCUT2D eigenvalue weighted by Crippen LogP contribution is -2.49. The van der Waals surface area contributed by atoms with Crippen molar-refractivity contribution in [3.05, 3.63) is 137 Å². The molecule has 234 valence electrons. The molecule has 9 heteroatoms. The van der Waals surface area contributed by atoms with Crippen molar-refractivity contribution >= 4 is 16.9 Å². The van der Waals surface area contributed by atoms with Crippen LogP contribution in [0.1, 0.15) is 47.9 Å². The second kappa shape index (κ2) is 13.6. The molecule has 0 fully saturated rings. The third kappa shape index (κ3) is 7.72. The van der Waals surface area contributed by atoms with E-state index in [1.807, 2.05) is 49.4 Å². The zero-order valence-corrected chi connectivity index (χ0v) is 24.7. The Kier molecular flexibility index (Phi) is 9.58. The summed E-state index contributed by atoms with van der Waals surface area (Å²) in [5.41, 5.74) is 0.572. The Morgan fingerprint density at radius 3 is 2.16 bits per heavy atom. The molecule has 1 unspecified atom stereocenters. The topological polar surface area (TPSA) is 63.5 Å². The van der Waals surface area contributed by atoms with Gasteiger partial charge in [-0.05, 0) is 60.7 Å². The number of carbonyl (C=O) groups is 1. The van der Waals surface area contributed by atoms with E-state index < -0.39 is 29.3 Å². The molecular formula is C36H34F4N2O3. The van der Waals surface area contributed by atoms with E-state index >= 15 is 0 Å². The Morgan fingerprint density at radius 1 is 0.889 bits per heavy atom. The van der Waals surface area contributed by atoms with Gasteiger partial charge in [-0.2, -0.15) is 13.2 Å². The smallest absolute Gasteiger partial charge is 0.419 e. The number of hydrogen-bond acceptors (Lipinski definition) is 3. The number of hydrogen-bond donors (Lipinski definition) is 2. The lowest BCUT2D eigenvalue weighted by molar-refractivity contribution is -0.140. The molecule has 0 radical (unpaired) electrons. The summed E-state index contributed by atoms with van der Waals surface area (Å²) in [5, 5.41) is 13.6. The molecule has 2 N–H and O–H groups in total. The first-order chi connectivity index (χ1) is 21.5. The highest BCUT2D eigenvalue weighted by Gasteiger charge is 2.35. The van der Waals surface area contributed by atoms with Gasteiger partial charge < -0.3 is 14.4 Å². The molecular weight excluding hydrogens is 584 g/mol. The van der Waals surface area contributed by atoms with Crippen molar-refractivity contribution in [2.24, 2.45) is 0 Å². The number of carboxylic acids is 1. The third-order valence-electron chi connectivity index (χ3n) is 7.98. The molecule has 0 bridgehead atoms. The Bertz CT molecular complexity index is 1700. The fraction of sp³-hybridized carbons (Fsp3) is 0.250. The number of carboxylic acid groups (broad SMARTS) is 1. The van der Waals surface area contributed by atoms with Crippen LogP contribution in [0, 0.1) is 5.82 Å². The molecule has 1 atom stereocenters. The molecule has 0 aliphatic carbocycles. The molecule has 0 saturated carbocycles. The molecule has 4 aromatic carbocycles. The second-order valence-electron chi connectivity index (χ2n) is 11.2. The summed E-state index contributed by atoms with van der Waals surface area (Å²) in [6.45, 7) is 2.13. The van der Waals surface area contributed by atoms with Gasteiger partial charge in [-0.25, -0.2) is 4.39 Å². The molecule has 45 heavy (non-hydrogen) atoms. The zero-order valence-electron chi connectivity index (χ0n) is 24.7. The number of ether oxygens (including phenoxy) is 1. The van der Waals surface area contributed by atoms with Gasteiger partial charge in [-0.3, -0.25) is 10.1 Å². The van der Waals surface area contributed by atoms with E-state index in [-0.39, 0.29) is 24.4 Å². The van der Waals surface area contributed by atoms with Crippen LogP contribution in [0.15, 0.2) is 109 Å². The van der Waals surface area contributed by atoms with Crippen molar-refractivity contribution in [2.75, 3.05) is 6.54 Å². The highest BCUT2D eigenvalue weighted by Crippen LogP contribution is 2.34. The molecule has 0 saturated heterocycles. The van der Waals surface area contributed by atoms with Gasteiger partial charge in [0.05, 0.1) is 11.1 Å². The number of aliphatic carboxylic acids is 1. The quantitative estimate of drug-likeness (QED) is 0.103. The molecule has 0 amide bonds. The van der Waals surface area contributed by atoms with E-state index in [4.69, 9.17) is 4.74 Å². The number of rotatable bonds is 13. The highest BCUT2D eigenvalue weighted by molar-refractivity contribution is 5.87. The standard InChI is InChI=1S/C36H34F4N2O3/c1-35(21-10-16-27-15-8-17-30(34(27)37)36(38,39)40,45-32-19-9-18-31-28(32)20-22-42(31)24-33(43)44)41-23-29(25-11-4-2-5-12-25)26-13-6-3-7-14-26/h2-9,11-15,17-20,22,29,41H,10,16,21,23-24H2,1H3,(H,43,44). The van der Waals surface area contributed by atoms with Crippen molar-refractivity contribution in [2.45, 2.75) is 50.6 Å². The SMILES string of the molecule is CC(CCCc1cccc(C(F)(F)F)c1F)(NCC(c1ccccc1)c1ccccc1)Oc1cccc2c1ccn2CC(=O)O. The first-order valence-corrected chi connectivity index (χ1v) is 14.7. The van der Waals surface area contributed by atoms with Crippen LogP contribution in [0.2, 0.25) is 0 Å². The zero-order chi connectivity index (χ0) is 32.0. The number of nitrogens with zero attached hydrogens (tertiary/aromatic N) is 1. The average Bonchev–Trinajstić information content (AvgIpc) is 3.42. The molecule has 5 rings (SSSR count). The number of halogens is 4. The molecule has 0 aliphatic heterocycles. The lowest BCUT2D eigenvalue weighted by atomic mass is 9.90. The molecule has 0 aliphatic rings. The average molecular weight is 619 g/mol. The van der Waals surface area contributed by atoms with Crippen LogP contribution in [0.4, 0.5) is 17.6 Å². The Hall–Kier alpha value is -4.63. The van der Waals surface area contributed by atoms with Crippen LogP contribution in [0.3, 0.4) is 0 Å². The van der Waals surface area contributed by atoms with Crippen LogP contribution in [0.25, 0.3) is 10.9 Å². The first-order valence-electron chi connectivity index (χ1n) is 14.7. The van der Waals surface area contributed by atoms with Gasteiger partial charge in [-0.1, -0.05) is 78.9 Å². The normalized spacial score (nSPS) is 13.2. The monoisotopic (exact) mass is 618 g/mol. The van der Waals surface area contributed by atoms with Crippen LogP contribution >= 0.6 is 0 Å². The molecule has 5 aromatic rings. The molecule has 5 nitrogen and oxygen atoms in total. The maximum absolute atomic E-state index is 14.8. The highest BCUT2D eigenvalue weighted by atomic mass is 19.4. The predicted octanol–water partition coefficient (Wildman–Crippen LogP) is 8.42. The Morgan fingerprint density at radius 2 is 1.53 bits per heavy atom. The van der Waals surface area contributed by atoms with Crippen LogP contribution in [-0.2, 0) is 23.9 Å². The maximum Gasteiger partial charge on any atom is 0.419 e. The number of fused-ring (bicyclic) bond motifs is 1. The summed E-state index contributed by atoms with van der Waals surface area (Å²) >= 11 is 0. The van der Waals surface area contributed by atoms with E-state index in [1.54, 1.807) is 29.0 Å². The van der Waals surface area contributed by atoms with E-state index in [0.29, 0.717) is 30.7 Å². The summed E-state index contributed by atoms with van der Waals surface area (Å²) in [4.78, 5) is 11.4. The van der Waals surface area contributed by atoms with Gasteiger partial charge in [0.1, 0.15) is 18.1 Å². The van der Waals surface area contributed by atoms with Crippen molar-refractivity contribution < 1.29 is 32.2 Å². The minimum absolute atomic E-state index is 0.00790. The largest absolute Gasteiger partial charge is 0.480 e. The van der Waals surface area contributed by atoms with Crippen LogP contribution in [-0.4, -0.2) is 27.9 Å². The Labute approximate surface area is 259 Å². The van der Waals surface area contributed by atoms with E-state index in [9.17, 15) is 27.5 Å². The second-order valence-corrected chi connectivity index (χ2v) is 11.2. The number of aromatic nitrogens is 1. The van der Waals surface area contributed by atoms with Crippen molar-refractivity contribution in [3.8, 4) is 5.75 Å². The summed E-state index contributed by atoms with van der Waals surface area (Å²) in [7, 11) is 0. The van der Waals surface area contributed by atoms with E-state index in [1.165, 1.54) is 12.1 Å². The van der Waals surface area contributed by atoms with Crippen LogP contribution in [0.5, 0.6) is 5.75 Å². The molecule has 1 aromatic heterocycles. The molecule has 0 spiro atoms. The summed E-state index contributed by atoms with van der Waals surface area (Å²) in [5.74, 6) is -1.74. The number of aryl methyl sites for hydroxylation is 1. The van der Waals surface area contributed by atoms with Gasteiger partial charge in [0.2, 0.25) is 0 Å². The molecule has 1 heterocycles. The van der Waals surface area contributed by atoms with Crippen molar-refractivity contribution in [3.63, 3.8) is 0 Å².